The largest absolute Gasteiger partial charge is 0.471 e. The first-order chi connectivity index (χ1) is 13.0. The first-order valence-electron chi connectivity index (χ1n) is 8.66. The van der Waals surface area contributed by atoms with Gasteiger partial charge in [-0.3, -0.25) is 14.8 Å². The minimum Gasteiger partial charge on any atom is -0.471 e. The predicted octanol–water partition coefficient (Wildman–Crippen LogP) is 3.60. The van der Waals surface area contributed by atoms with Crippen molar-refractivity contribution >= 4 is 5.69 Å². The van der Waals surface area contributed by atoms with Gasteiger partial charge < -0.3 is 9.64 Å². The van der Waals surface area contributed by atoms with Crippen molar-refractivity contribution in [3.63, 3.8) is 0 Å². The molecule has 0 radical (unpaired) electrons. The van der Waals surface area contributed by atoms with E-state index < -0.39 is 4.92 Å². The maximum absolute atomic E-state index is 11.1. The van der Waals surface area contributed by atoms with Crippen molar-refractivity contribution in [1.82, 2.24) is 14.7 Å². The number of hydrogen-bond acceptors (Lipinski definition) is 5. The van der Waals surface area contributed by atoms with Crippen molar-refractivity contribution in [1.29, 1.82) is 0 Å². The Balaban J connectivity index is 1.89. The van der Waals surface area contributed by atoms with E-state index in [1.807, 2.05) is 61.4 Å². The fourth-order valence-electron chi connectivity index (χ4n) is 2.64. The molecule has 7 heteroatoms. The highest BCUT2D eigenvalue weighted by atomic mass is 16.6. The molecule has 0 unspecified atom stereocenters. The maximum atomic E-state index is 11.1. The van der Waals surface area contributed by atoms with E-state index in [4.69, 9.17) is 4.74 Å². The van der Waals surface area contributed by atoms with Crippen molar-refractivity contribution < 1.29 is 9.66 Å². The summed E-state index contributed by atoms with van der Waals surface area (Å²) in [6.07, 6.45) is 1.88. The molecule has 2 aromatic carbocycles. The summed E-state index contributed by atoms with van der Waals surface area (Å²) in [4.78, 5) is 12.8. The third kappa shape index (κ3) is 4.92. The smallest absolute Gasteiger partial charge is 0.270 e. The van der Waals surface area contributed by atoms with E-state index in [0.29, 0.717) is 24.6 Å². The van der Waals surface area contributed by atoms with Crippen LogP contribution in [0.1, 0.15) is 5.56 Å². The van der Waals surface area contributed by atoms with Crippen LogP contribution >= 0.6 is 0 Å². The summed E-state index contributed by atoms with van der Waals surface area (Å²) in [5, 5.41) is 15.7. The molecular formula is C20H22N4O3. The van der Waals surface area contributed by atoms with Gasteiger partial charge in [0.1, 0.15) is 6.61 Å². The summed E-state index contributed by atoms with van der Waals surface area (Å²) >= 11 is 0. The molecule has 0 aliphatic heterocycles. The van der Waals surface area contributed by atoms with Crippen LogP contribution in [0, 0.1) is 10.1 Å². The molecule has 3 aromatic rings. The molecule has 0 saturated carbocycles. The molecule has 27 heavy (non-hydrogen) atoms. The van der Waals surface area contributed by atoms with Crippen LogP contribution in [0.15, 0.2) is 60.8 Å². The number of hydrogen-bond donors (Lipinski definition) is 0. The average Bonchev–Trinajstić information content (AvgIpc) is 3.09. The maximum Gasteiger partial charge on any atom is 0.270 e. The highest BCUT2D eigenvalue weighted by Crippen LogP contribution is 2.31. The summed E-state index contributed by atoms with van der Waals surface area (Å²) in [7, 11) is 4.00. The number of ether oxygens (including phenoxy) is 1. The average molecular weight is 366 g/mol. The number of aromatic nitrogens is 2. The number of nitro benzene ring substituents is 1. The number of benzene rings is 2. The van der Waals surface area contributed by atoms with E-state index in [2.05, 4.69) is 10.00 Å². The Kier molecular flexibility index (Phi) is 5.83. The quantitative estimate of drug-likeness (QED) is 0.450. The molecule has 0 atom stereocenters. The fourth-order valence-corrected chi connectivity index (χ4v) is 2.64. The second-order valence-corrected chi connectivity index (χ2v) is 6.50. The third-order valence-corrected chi connectivity index (χ3v) is 4.09. The molecule has 1 heterocycles. The van der Waals surface area contributed by atoms with Crippen LogP contribution < -0.4 is 4.74 Å². The molecule has 1 aromatic heterocycles. The summed E-state index contributed by atoms with van der Waals surface area (Å²) in [6.45, 7) is 1.91. The fraction of sp³-hybridized carbons (Fsp3) is 0.250. The van der Waals surface area contributed by atoms with Crippen molar-refractivity contribution in [3.05, 3.63) is 76.5 Å². The Hall–Kier alpha value is -3.19. The SMILES string of the molecule is CN(C)CCn1cc(-c2cccc([N+](=O)[O-])c2)c(OCc2ccccc2)n1. The standard InChI is InChI=1S/C20H22N4O3/c1-22(2)11-12-23-14-19(17-9-6-10-18(13-17)24(25)26)20(21-23)27-15-16-7-4-3-5-8-16/h3-10,13-14H,11-12,15H2,1-2H3. The summed E-state index contributed by atoms with van der Waals surface area (Å²) in [6, 6.07) is 16.3. The van der Waals surface area contributed by atoms with Gasteiger partial charge in [0, 0.05) is 24.9 Å². The van der Waals surface area contributed by atoms with Crippen LogP contribution in [0.3, 0.4) is 0 Å². The first kappa shape index (κ1) is 18.6. The summed E-state index contributed by atoms with van der Waals surface area (Å²) in [5.41, 5.74) is 2.53. The molecule has 0 aliphatic carbocycles. The monoisotopic (exact) mass is 366 g/mol. The lowest BCUT2D eigenvalue weighted by Gasteiger charge is -2.08. The molecule has 0 saturated heterocycles. The van der Waals surface area contributed by atoms with E-state index in [9.17, 15) is 10.1 Å². The van der Waals surface area contributed by atoms with Crippen molar-refractivity contribution in [2.24, 2.45) is 0 Å². The first-order valence-corrected chi connectivity index (χ1v) is 8.66. The molecule has 0 amide bonds. The Morgan fingerprint density at radius 2 is 1.93 bits per heavy atom. The molecule has 0 aliphatic rings. The number of likely N-dealkylation sites (N-methyl/N-ethyl adjacent to an activating group) is 1. The number of non-ortho nitro benzene ring substituents is 1. The van der Waals surface area contributed by atoms with E-state index in [-0.39, 0.29) is 5.69 Å². The second-order valence-electron chi connectivity index (χ2n) is 6.50. The lowest BCUT2D eigenvalue weighted by molar-refractivity contribution is -0.384. The Labute approximate surface area is 158 Å². The van der Waals surface area contributed by atoms with Gasteiger partial charge in [0.15, 0.2) is 0 Å². The molecule has 0 N–H and O–H groups in total. The zero-order valence-corrected chi connectivity index (χ0v) is 15.4. The van der Waals surface area contributed by atoms with Gasteiger partial charge in [-0.1, -0.05) is 42.5 Å². The second kappa shape index (κ2) is 8.46. The number of rotatable bonds is 8. The van der Waals surface area contributed by atoms with E-state index in [1.54, 1.807) is 12.1 Å². The van der Waals surface area contributed by atoms with Crippen LogP contribution in [-0.4, -0.2) is 40.2 Å². The molecule has 0 bridgehead atoms. The zero-order chi connectivity index (χ0) is 19.2. The van der Waals surface area contributed by atoms with Crippen molar-refractivity contribution in [3.8, 4) is 17.0 Å². The van der Waals surface area contributed by atoms with Crippen LogP contribution in [0.5, 0.6) is 5.88 Å². The summed E-state index contributed by atoms with van der Waals surface area (Å²) < 4.78 is 7.76. The number of nitrogens with zero attached hydrogens (tertiary/aromatic N) is 4. The van der Waals surface area contributed by atoms with Crippen molar-refractivity contribution in [2.75, 3.05) is 20.6 Å². The molecule has 140 valence electrons. The Bertz CT molecular complexity index is 907. The molecule has 0 fully saturated rings. The van der Waals surface area contributed by atoms with Gasteiger partial charge in [0.25, 0.3) is 5.69 Å². The normalized spacial score (nSPS) is 10.9. The molecule has 7 nitrogen and oxygen atoms in total. The van der Waals surface area contributed by atoms with E-state index in [0.717, 1.165) is 17.7 Å². The van der Waals surface area contributed by atoms with Gasteiger partial charge >= 0.3 is 0 Å². The Morgan fingerprint density at radius 1 is 1.15 bits per heavy atom. The van der Waals surface area contributed by atoms with Gasteiger partial charge in [-0.2, -0.15) is 0 Å². The van der Waals surface area contributed by atoms with Crippen LogP contribution in [-0.2, 0) is 13.2 Å². The van der Waals surface area contributed by atoms with Gasteiger partial charge in [0.2, 0.25) is 5.88 Å². The molecule has 0 spiro atoms. The minimum atomic E-state index is -0.398. The highest BCUT2D eigenvalue weighted by molar-refractivity contribution is 5.70. The topological polar surface area (TPSA) is 73.4 Å². The van der Waals surface area contributed by atoms with Gasteiger partial charge in [-0.25, -0.2) is 0 Å². The predicted molar refractivity (Wildman–Crippen MR) is 104 cm³/mol. The zero-order valence-electron chi connectivity index (χ0n) is 15.4. The highest BCUT2D eigenvalue weighted by Gasteiger charge is 2.16. The molecular weight excluding hydrogens is 344 g/mol. The van der Waals surface area contributed by atoms with Crippen LogP contribution in [0.4, 0.5) is 5.69 Å². The van der Waals surface area contributed by atoms with Crippen LogP contribution in [0.2, 0.25) is 0 Å². The van der Waals surface area contributed by atoms with Crippen LogP contribution in [0.25, 0.3) is 11.1 Å². The lowest BCUT2D eigenvalue weighted by Crippen LogP contribution is -2.18. The van der Waals surface area contributed by atoms with Gasteiger partial charge in [0.05, 0.1) is 17.0 Å². The van der Waals surface area contributed by atoms with Crippen molar-refractivity contribution in [2.45, 2.75) is 13.2 Å². The Morgan fingerprint density at radius 3 is 2.63 bits per heavy atom. The summed E-state index contributed by atoms with van der Waals surface area (Å²) in [5.74, 6) is 0.470. The third-order valence-electron chi connectivity index (χ3n) is 4.09. The lowest BCUT2D eigenvalue weighted by atomic mass is 10.1. The molecule has 3 rings (SSSR count). The van der Waals surface area contributed by atoms with Gasteiger partial charge in [-0.15, -0.1) is 5.10 Å². The van der Waals surface area contributed by atoms with E-state index >= 15 is 0 Å². The number of nitro groups is 1. The minimum absolute atomic E-state index is 0.0440. The van der Waals surface area contributed by atoms with Gasteiger partial charge in [-0.05, 0) is 25.2 Å². The van der Waals surface area contributed by atoms with E-state index in [1.165, 1.54) is 6.07 Å².